The molecule has 1 aromatic rings. The molecule has 0 spiro atoms. The van der Waals surface area contributed by atoms with Gasteiger partial charge in [-0.05, 0) is 26.1 Å². The van der Waals surface area contributed by atoms with Gasteiger partial charge >= 0.3 is 0 Å². The van der Waals surface area contributed by atoms with E-state index in [1.54, 1.807) is 6.07 Å². The van der Waals surface area contributed by atoms with Crippen molar-refractivity contribution >= 4 is 11.7 Å². The van der Waals surface area contributed by atoms with Crippen molar-refractivity contribution in [3.63, 3.8) is 0 Å². The molecule has 6 heteroatoms. The number of hydrogen-bond donors (Lipinski definition) is 1. The molecule has 21 heavy (non-hydrogen) atoms. The van der Waals surface area contributed by atoms with Gasteiger partial charge in [-0.1, -0.05) is 0 Å². The average molecular weight is 290 g/mol. The van der Waals surface area contributed by atoms with E-state index in [9.17, 15) is 4.79 Å². The minimum Gasteiger partial charge on any atom is -0.379 e. The molecule has 1 amide bonds. The molecule has 3 rings (SSSR count). The van der Waals surface area contributed by atoms with Gasteiger partial charge in [0.1, 0.15) is 5.82 Å². The lowest BCUT2D eigenvalue weighted by atomic mass is 10.1. The van der Waals surface area contributed by atoms with Crippen molar-refractivity contribution in [2.75, 3.05) is 44.8 Å². The maximum Gasteiger partial charge on any atom is 0.252 e. The van der Waals surface area contributed by atoms with Crippen molar-refractivity contribution < 1.29 is 9.53 Å². The molecule has 0 unspecified atom stereocenters. The van der Waals surface area contributed by atoms with Crippen LogP contribution in [0.15, 0.2) is 12.1 Å². The predicted molar refractivity (Wildman–Crippen MR) is 80.4 cm³/mol. The third-order valence-electron chi connectivity index (χ3n) is 4.32. The third kappa shape index (κ3) is 2.87. The highest BCUT2D eigenvalue weighted by atomic mass is 16.5. The summed E-state index contributed by atoms with van der Waals surface area (Å²) in [4.78, 5) is 20.8. The van der Waals surface area contributed by atoms with Crippen LogP contribution >= 0.6 is 0 Å². The number of likely N-dealkylation sites (N-methyl/N-ethyl adjacent to an activating group) is 1. The Hall–Kier alpha value is -1.66. The second kappa shape index (κ2) is 5.61. The second-order valence-corrected chi connectivity index (χ2v) is 6.09. The minimum atomic E-state index is -0.420. The van der Waals surface area contributed by atoms with E-state index in [0.717, 1.165) is 44.4 Å². The number of fused-ring (bicyclic) bond motifs is 3. The number of hydrogen-bond acceptors (Lipinski definition) is 5. The summed E-state index contributed by atoms with van der Waals surface area (Å²) < 4.78 is 5.74. The number of primary amides is 1. The van der Waals surface area contributed by atoms with Crippen LogP contribution < -0.4 is 10.6 Å². The van der Waals surface area contributed by atoms with E-state index in [-0.39, 0.29) is 0 Å². The van der Waals surface area contributed by atoms with Crippen LogP contribution in [0.3, 0.4) is 0 Å². The predicted octanol–water partition coefficient (Wildman–Crippen LogP) is 0.256. The van der Waals surface area contributed by atoms with Crippen LogP contribution in [0.4, 0.5) is 5.82 Å². The summed E-state index contributed by atoms with van der Waals surface area (Å²) in [7, 11) is 2.13. The number of anilines is 1. The van der Waals surface area contributed by atoms with Gasteiger partial charge in [0.25, 0.3) is 5.91 Å². The average Bonchev–Trinajstić information content (AvgIpc) is 2.66. The van der Waals surface area contributed by atoms with Crippen molar-refractivity contribution in [3.05, 3.63) is 23.4 Å². The summed E-state index contributed by atoms with van der Waals surface area (Å²) in [6, 6.07) is 3.93. The first-order chi connectivity index (χ1) is 10.0. The zero-order valence-electron chi connectivity index (χ0n) is 12.6. The number of amides is 1. The molecule has 3 heterocycles. The molecule has 2 aliphatic rings. The van der Waals surface area contributed by atoms with Gasteiger partial charge < -0.3 is 15.4 Å². The first-order valence-electron chi connectivity index (χ1n) is 7.35. The fourth-order valence-electron chi connectivity index (χ4n) is 3.20. The highest BCUT2D eigenvalue weighted by molar-refractivity contribution is 5.97. The highest BCUT2D eigenvalue weighted by Crippen LogP contribution is 2.25. The molecule has 0 radical (unpaired) electrons. The molecular weight excluding hydrogens is 268 g/mol. The summed E-state index contributed by atoms with van der Waals surface area (Å²) in [5, 5.41) is 0. The SMILES string of the molecule is Cc1ccc(C(N)=O)c(N2C[C@@H]3COC[C@H](C2)N(C)C3)n1. The fourth-order valence-corrected chi connectivity index (χ4v) is 3.20. The standard InChI is InChI=1S/C15H22N4O2/c1-10-3-4-13(14(16)20)15(17-10)19-6-11-5-18(2)12(7-19)9-21-8-11/h3-4,11-12H,5-9H2,1-2H3,(H2,16,20)/t11-,12+/m1/s1. The number of carbonyl (C=O) groups excluding carboxylic acids is 1. The van der Waals surface area contributed by atoms with Crippen LogP contribution in [0.2, 0.25) is 0 Å². The van der Waals surface area contributed by atoms with Crippen molar-refractivity contribution in [3.8, 4) is 0 Å². The van der Waals surface area contributed by atoms with Gasteiger partial charge in [0.2, 0.25) is 0 Å². The molecule has 2 atom stereocenters. The lowest BCUT2D eigenvalue weighted by Gasteiger charge is -2.31. The van der Waals surface area contributed by atoms with Crippen molar-refractivity contribution in [2.45, 2.75) is 13.0 Å². The van der Waals surface area contributed by atoms with E-state index in [1.807, 2.05) is 13.0 Å². The van der Waals surface area contributed by atoms with Crippen LogP contribution in [-0.2, 0) is 4.74 Å². The number of rotatable bonds is 2. The maximum absolute atomic E-state index is 11.7. The molecule has 2 saturated heterocycles. The van der Waals surface area contributed by atoms with E-state index in [4.69, 9.17) is 10.5 Å². The van der Waals surface area contributed by atoms with Gasteiger partial charge in [0.15, 0.2) is 0 Å². The van der Waals surface area contributed by atoms with Gasteiger partial charge in [-0.2, -0.15) is 0 Å². The molecule has 114 valence electrons. The maximum atomic E-state index is 11.7. The van der Waals surface area contributed by atoms with Crippen LogP contribution in [0, 0.1) is 12.8 Å². The number of aryl methyl sites for hydroxylation is 1. The van der Waals surface area contributed by atoms with Crippen molar-refractivity contribution in [1.29, 1.82) is 0 Å². The summed E-state index contributed by atoms with van der Waals surface area (Å²) >= 11 is 0. The molecule has 0 aliphatic carbocycles. The Balaban J connectivity index is 1.96. The quantitative estimate of drug-likeness (QED) is 0.845. The van der Waals surface area contributed by atoms with Gasteiger partial charge in [0, 0.05) is 31.2 Å². The molecule has 2 aliphatic heterocycles. The van der Waals surface area contributed by atoms with Gasteiger partial charge in [-0.3, -0.25) is 9.69 Å². The Morgan fingerprint density at radius 3 is 2.90 bits per heavy atom. The van der Waals surface area contributed by atoms with Crippen LogP contribution in [0.5, 0.6) is 0 Å². The van der Waals surface area contributed by atoms with Gasteiger partial charge in [-0.25, -0.2) is 4.98 Å². The zero-order valence-corrected chi connectivity index (χ0v) is 12.6. The van der Waals surface area contributed by atoms with Crippen molar-refractivity contribution in [1.82, 2.24) is 9.88 Å². The number of carbonyl (C=O) groups is 1. The Bertz CT molecular complexity index is 548. The lowest BCUT2D eigenvalue weighted by molar-refractivity contribution is 0.0928. The molecule has 0 aromatic carbocycles. The largest absolute Gasteiger partial charge is 0.379 e. The summed E-state index contributed by atoms with van der Waals surface area (Å²) in [5.74, 6) is 0.719. The van der Waals surface area contributed by atoms with Crippen LogP contribution in [0.25, 0.3) is 0 Å². The van der Waals surface area contributed by atoms with Gasteiger partial charge in [0.05, 0.1) is 24.8 Å². The van der Waals surface area contributed by atoms with E-state index in [2.05, 4.69) is 21.8 Å². The Morgan fingerprint density at radius 2 is 2.14 bits per heavy atom. The number of aromatic nitrogens is 1. The summed E-state index contributed by atoms with van der Waals surface area (Å²) in [6.07, 6.45) is 0. The Kier molecular flexibility index (Phi) is 3.82. The second-order valence-electron chi connectivity index (χ2n) is 6.09. The summed E-state index contributed by atoms with van der Waals surface area (Å²) in [5.41, 5.74) is 6.91. The minimum absolute atomic E-state index is 0.320. The van der Waals surface area contributed by atoms with E-state index in [0.29, 0.717) is 17.5 Å². The smallest absolute Gasteiger partial charge is 0.252 e. The molecule has 1 aromatic heterocycles. The first-order valence-corrected chi connectivity index (χ1v) is 7.35. The zero-order chi connectivity index (χ0) is 15.0. The molecule has 6 nitrogen and oxygen atoms in total. The van der Waals surface area contributed by atoms with Crippen LogP contribution in [-0.4, -0.2) is 61.7 Å². The number of nitrogens with two attached hydrogens (primary N) is 1. The van der Waals surface area contributed by atoms with E-state index in [1.165, 1.54) is 0 Å². The molecule has 2 fully saturated rings. The lowest BCUT2D eigenvalue weighted by Crippen LogP contribution is -2.43. The first kappa shape index (κ1) is 14.3. The normalized spacial score (nSPS) is 26.5. The third-order valence-corrected chi connectivity index (χ3v) is 4.32. The van der Waals surface area contributed by atoms with Gasteiger partial charge in [-0.15, -0.1) is 0 Å². The Labute approximate surface area is 124 Å². The fraction of sp³-hybridized carbons (Fsp3) is 0.600. The van der Waals surface area contributed by atoms with E-state index >= 15 is 0 Å². The molecule has 0 saturated carbocycles. The number of ether oxygens (including phenoxy) is 1. The molecule has 2 N–H and O–H groups in total. The topological polar surface area (TPSA) is 71.7 Å². The summed E-state index contributed by atoms with van der Waals surface area (Å²) in [6.45, 7) is 6.08. The highest BCUT2D eigenvalue weighted by Gasteiger charge is 2.33. The molecule has 2 bridgehead atoms. The van der Waals surface area contributed by atoms with Crippen LogP contribution in [0.1, 0.15) is 16.1 Å². The monoisotopic (exact) mass is 290 g/mol. The number of pyridine rings is 1. The Morgan fingerprint density at radius 1 is 1.33 bits per heavy atom. The van der Waals surface area contributed by atoms with E-state index < -0.39 is 5.91 Å². The van der Waals surface area contributed by atoms with Crippen molar-refractivity contribution in [2.24, 2.45) is 11.7 Å². The number of nitrogens with zero attached hydrogens (tertiary/aromatic N) is 3. The molecular formula is C15H22N4O2.